The van der Waals surface area contributed by atoms with Crippen molar-refractivity contribution in [2.45, 2.75) is 32.0 Å². The van der Waals surface area contributed by atoms with E-state index >= 15 is 0 Å². The molecule has 0 amide bonds. The summed E-state index contributed by atoms with van der Waals surface area (Å²) in [4.78, 5) is 13.0. The fraction of sp³-hybridized carbons (Fsp3) is 0.435. The molecule has 0 aromatic heterocycles. The predicted octanol–water partition coefficient (Wildman–Crippen LogP) is 3.30. The lowest BCUT2D eigenvalue weighted by Crippen LogP contribution is -2.35. The van der Waals surface area contributed by atoms with Gasteiger partial charge in [-0.15, -0.1) is 12.4 Å². The number of Topliss-reactive ketones (excluding diaryl/α,β-unsaturated/α-hetero) is 1. The van der Waals surface area contributed by atoms with Crippen LogP contribution in [0.3, 0.4) is 0 Å². The van der Waals surface area contributed by atoms with E-state index in [1.807, 2.05) is 36.4 Å². The third-order valence-electron chi connectivity index (χ3n) is 4.52. The Morgan fingerprint density at radius 2 is 1.77 bits per heavy atom. The number of hydrogen-bond donors (Lipinski definition) is 2. The van der Waals surface area contributed by atoms with E-state index in [0.29, 0.717) is 30.0 Å². The molecule has 0 fully saturated rings. The summed E-state index contributed by atoms with van der Waals surface area (Å²) in [6.07, 6.45) is -0.0417. The molecular weight excluding hydrogens is 406 g/mol. The largest absolute Gasteiger partial charge is 0.493 e. The summed E-state index contributed by atoms with van der Waals surface area (Å²) < 4.78 is 16.5. The van der Waals surface area contributed by atoms with Gasteiger partial charge in [0.15, 0.2) is 17.3 Å². The van der Waals surface area contributed by atoms with E-state index in [9.17, 15) is 9.90 Å². The molecule has 6 nitrogen and oxygen atoms in total. The lowest BCUT2D eigenvalue weighted by atomic mass is 9.99. The third-order valence-corrected chi connectivity index (χ3v) is 4.52. The van der Waals surface area contributed by atoms with Crippen LogP contribution in [0.25, 0.3) is 0 Å². The van der Waals surface area contributed by atoms with Crippen LogP contribution in [-0.2, 0) is 11.2 Å². The molecule has 2 N–H and O–H groups in total. The lowest BCUT2D eigenvalue weighted by molar-refractivity contribution is -0.00164. The zero-order chi connectivity index (χ0) is 21.1. The highest BCUT2D eigenvalue weighted by molar-refractivity contribution is 5.99. The number of ether oxygens (including phenoxy) is 3. The molecule has 2 aromatic carbocycles. The third kappa shape index (κ3) is 7.95. The summed E-state index contributed by atoms with van der Waals surface area (Å²) in [5, 5.41) is 13.3. The molecule has 0 bridgehead atoms. The van der Waals surface area contributed by atoms with Gasteiger partial charge >= 0.3 is 0 Å². The fourth-order valence-electron chi connectivity index (χ4n) is 2.97. The van der Waals surface area contributed by atoms with Crippen LogP contribution in [0.1, 0.15) is 29.3 Å². The maximum Gasteiger partial charge on any atom is 0.191 e. The first-order valence-corrected chi connectivity index (χ1v) is 9.89. The van der Waals surface area contributed by atoms with Crippen molar-refractivity contribution in [3.8, 4) is 11.5 Å². The van der Waals surface area contributed by atoms with E-state index in [0.717, 1.165) is 18.5 Å². The minimum atomic E-state index is -0.712. The Kier molecular flexibility index (Phi) is 12.1. The quantitative estimate of drug-likeness (QED) is 0.370. The molecule has 0 saturated carbocycles. The van der Waals surface area contributed by atoms with Crippen LogP contribution in [0.2, 0.25) is 0 Å². The smallest absolute Gasteiger partial charge is 0.191 e. The summed E-state index contributed by atoms with van der Waals surface area (Å²) >= 11 is 0. The van der Waals surface area contributed by atoms with E-state index in [4.69, 9.17) is 14.2 Å². The lowest BCUT2D eigenvalue weighted by Gasteiger charge is -2.20. The number of rotatable bonds is 13. The Hall–Kier alpha value is -2.12. The number of hydrogen-bond acceptors (Lipinski definition) is 6. The second kappa shape index (κ2) is 14.0. The van der Waals surface area contributed by atoms with E-state index in [1.165, 1.54) is 0 Å². The average Bonchev–Trinajstić information content (AvgIpc) is 2.76. The van der Waals surface area contributed by atoms with E-state index in [1.54, 1.807) is 26.4 Å². The second-order valence-corrected chi connectivity index (χ2v) is 6.80. The molecule has 166 valence electrons. The monoisotopic (exact) mass is 437 g/mol. The van der Waals surface area contributed by atoms with Gasteiger partial charge in [-0.25, -0.2) is 0 Å². The molecule has 2 aromatic rings. The predicted molar refractivity (Wildman–Crippen MR) is 120 cm³/mol. The molecule has 0 aliphatic heterocycles. The van der Waals surface area contributed by atoms with Crippen molar-refractivity contribution >= 4 is 18.2 Å². The number of methoxy groups -OCH3 is 2. The minimum absolute atomic E-state index is 0. The summed E-state index contributed by atoms with van der Waals surface area (Å²) in [7, 11) is 3.15. The van der Waals surface area contributed by atoms with Gasteiger partial charge in [0.2, 0.25) is 0 Å². The van der Waals surface area contributed by atoms with Gasteiger partial charge in [0.05, 0.1) is 26.9 Å². The standard InChI is InChI=1S/C23H31NO5.ClH/c1-4-12-24-15-19(25)16-29-22(23(26)18-8-6-5-7-9-18)14-17-10-11-20(27-2)21(13-17)28-3;/h5-11,13,19,22,24-25H,4,12,14-16H2,1-3H3;1H. The van der Waals surface area contributed by atoms with Crippen LogP contribution < -0.4 is 14.8 Å². The van der Waals surface area contributed by atoms with Gasteiger partial charge in [-0.1, -0.05) is 43.3 Å². The second-order valence-electron chi connectivity index (χ2n) is 6.80. The van der Waals surface area contributed by atoms with Gasteiger partial charge in [0, 0.05) is 18.5 Å². The van der Waals surface area contributed by atoms with E-state index < -0.39 is 12.2 Å². The molecule has 30 heavy (non-hydrogen) atoms. The number of carbonyl (C=O) groups excluding carboxylic acids is 1. The molecule has 2 atom stereocenters. The number of nitrogens with one attached hydrogen (secondary N) is 1. The first kappa shape index (κ1) is 25.9. The van der Waals surface area contributed by atoms with Crippen LogP contribution >= 0.6 is 12.4 Å². The van der Waals surface area contributed by atoms with Gasteiger partial charge in [-0.3, -0.25) is 4.79 Å². The van der Waals surface area contributed by atoms with Gasteiger partial charge in [-0.05, 0) is 30.7 Å². The van der Waals surface area contributed by atoms with E-state index in [2.05, 4.69) is 12.2 Å². The maximum absolute atomic E-state index is 13.0. The molecular formula is C23H32ClNO5. The molecule has 2 unspecified atom stereocenters. The van der Waals surface area contributed by atoms with Gasteiger partial charge in [0.25, 0.3) is 0 Å². The Bertz CT molecular complexity index is 757. The molecule has 7 heteroatoms. The number of carbonyl (C=O) groups is 1. The van der Waals surface area contributed by atoms with Gasteiger partial charge < -0.3 is 24.6 Å². The number of aliphatic hydroxyl groups excluding tert-OH is 1. The first-order chi connectivity index (χ1) is 14.1. The Morgan fingerprint density at radius 3 is 2.40 bits per heavy atom. The zero-order valence-electron chi connectivity index (χ0n) is 17.8. The minimum Gasteiger partial charge on any atom is -0.493 e. The molecule has 0 heterocycles. The van der Waals surface area contributed by atoms with Crippen LogP contribution in [0, 0.1) is 0 Å². The van der Waals surface area contributed by atoms with Crippen LogP contribution in [-0.4, -0.2) is 57.0 Å². The highest BCUT2D eigenvalue weighted by Gasteiger charge is 2.23. The Labute approximate surface area is 185 Å². The van der Waals surface area contributed by atoms with Gasteiger partial charge in [-0.2, -0.15) is 0 Å². The van der Waals surface area contributed by atoms with Crippen LogP contribution in [0.5, 0.6) is 11.5 Å². The van der Waals surface area contributed by atoms with Crippen molar-refractivity contribution < 1.29 is 24.1 Å². The topological polar surface area (TPSA) is 77.0 Å². The summed E-state index contributed by atoms with van der Waals surface area (Å²) in [5.74, 6) is 1.11. The van der Waals surface area contributed by atoms with Crippen molar-refractivity contribution in [1.29, 1.82) is 0 Å². The Morgan fingerprint density at radius 1 is 1.07 bits per heavy atom. The maximum atomic E-state index is 13.0. The van der Waals surface area contributed by atoms with Crippen molar-refractivity contribution in [2.75, 3.05) is 33.9 Å². The average molecular weight is 438 g/mol. The number of ketones is 1. The summed E-state index contributed by atoms with van der Waals surface area (Å²) in [5.41, 5.74) is 1.46. The van der Waals surface area contributed by atoms with Crippen molar-refractivity contribution in [3.05, 3.63) is 59.7 Å². The number of halogens is 1. The van der Waals surface area contributed by atoms with Crippen molar-refractivity contribution in [3.63, 3.8) is 0 Å². The normalized spacial score (nSPS) is 12.5. The first-order valence-electron chi connectivity index (χ1n) is 9.89. The van der Waals surface area contributed by atoms with Gasteiger partial charge in [0.1, 0.15) is 6.10 Å². The van der Waals surface area contributed by atoms with Crippen molar-refractivity contribution in [2.24, 2.45) is 0 Å². The Balaban J connectivity index is 0.00000450. The number of benzene rings is 2. The van der Waals surface area contributed by atoms with Crippen LogP contribution in [0.4, 0.5) is 0 Å². The summed E-state index contributed by atoms with van der Waals surface area (Å²) in [6.45, 7) is 3.40. The highest BCUT2D eigenvalue weighted by atomic mass is 35.5. The summed E-state index contributed by atoms with van der Waals surface area (Å²) in [6, 6.07) is 14.6. The van der Waals surface area contributed by atoms with E-state index in [-0.39, 0.29) is 24.8 Å². The molecule has 0 aliphatic carbocycles. The zero-order valence-corrected chi connectivity index (χ0v) is 18.6. The fourth-order valence-corrected chi connectivity index (χ4v) is 2.97. The molecule has 0 saturated heterocycles. The molecule has 0 spiro atoms. The number of aliphatic hydroxyl groups is 1. The molecule has 0 radical (unpaired) electrons. The molecule has 2 rings (SSSR count). The van der Waals surface area contributed by atoms with Crippen molar-refractivity contribution in [1.82, 2.24) is 5.32 Å². The van der Waals surface area contributed by atoms with Crippen LogP contribution in [0.15, 0.2) is 48.5 Å². The highest BCUT2D eigenvalue weighted by Crippen LogP contribution is 2.28. The molecule has 0 aliphatic rings. The SMILES string of the molecule is CCCNCC(O)COC(Cc1ccc(OC)c(OC)c1)C(=O)c1ccccc1.Cl.